The second-order valence-electron chi connectivity index (χ2n) is 5.66. The van der Waals surface area contributed by atoms with Gasteiger partial charge in [-0.2, -0.15) is 0 Å². The zero-order valence-electron chi connectivity index (χ0n) is 14.4. The van der Waals surface area contributed by atoms with Gasteiger partial charge in [0, 0.05) is 13.6 Å². The van der Waals surface area contributed by atoms with Crippen LogP contribution in [0.2, 0.25) is 0 Å². The number of aromatic hydroxyl groups is 1. The second-order valence-corrected chi connectivity index (χ2v) is 6.58. The normalized spacial score (nSPS) is 11.0. The van der Waals surface area contributed by atoms with Crippen LogP contribution in [0, 0.1) is 0 Å². The van der Waals surface area contributed by atoms with Crippen LogP contribution >= 0.6 is 11.3 Å². The number of carboxylic acid groups (broad SMARTS) is 1. The van der Waals surface area contributed by atoms with E-state index in [1.807, 2.05) is 53.9 Å². The highest BCUT2D eigenvalue weighted by atomic mass is 32.1. The molecule has 0 aliphatic heterocycles. The highest BCUT2D eigenvalue weighted by Crippen LogP contribution is 2.32. The molecule has 0 aliphatic rings. The topological polar surface area (TPSA) is 104 Å². The average Bonchev–Trinajstić information content (AvgIpc) is 3.12. The van der Waals surface area contributed by atoms with Gasteiger partial charge in [-0.05, 0) is 17.0 Å². The Morgan fingerprint density at radius 1 is 1.30 bits per heavy atom. The molecule has 3 rings (SSSR count). The zero-order chi connectivity index (χ0) is 19.4. The van der Waals surface area contributed by atoms with Crippen molar-refractivity contribution in [2.75, 3.05) is 11.9 Å². The molecule has 0 aliphatic carbocycles. The second kappa shape index (κ2) is 7.88. The molecule has 27 heavy (non-hydrogen) atoms. The number of carboxylic acids is 1. The molecule has 8 heteroatoms. The Labute approximate surface area is 158 Å². The number of hydrogen-bond acceptors (Lipinski definition) is 6. The number of nitrogens with zero attached hydrogens (tertiary/aromatic N) is 2. The Bertz CT molecular complexity index is 1050. The van der Waals surface area contributed by atoms with Crippen LogP contribution in [0.3, 0.4) is 0 Å². The molecule has 0 saturated carbocycles. The third-order valence-corrected chi connectivity index (χ3v) is 4.77. The molecule has 2 aromatic heterocycles. The van der Waals surface area contributed by atoms with Crippen molar-refractivity contribution in [2.24, 2.45) is 7.05 Å². The molecule has 7 nitrogen and oxygen atoms in total. The van der Waals surface area contributed by atoms with Crippen molar-refractivity contribution < 1.29 is 15.0 Å². The highest BCUT2D eigenvalue weighted by molar-refractivity contribution is 7.14. The Kier molecular flexibility index (Phi) is 5.37. The quantitative estimate of drug-likeness (QED) is 0.604. The molecular weight excluding hydrogens is 366 g/mol. The van der Waals surface area contributed by atoms with E-state index >= 15 is 0 Å². The predicted molar refractivity (Wildman–Crippen MR) is 105 cm³/mol. The van der Waals surface area contributed by atoms with Crippen molar-refractivity contribution in [3.8, 4) is 16.5 Å². The van der Waals surface area contributed by atoms with E-state index in [0.29, 0.717) is 11.4 Å². The van der Waals surface area contributed by atoms with E-state index in [0.717, 1.165) is 15.8 Å². The van der Waals surface area contributed by atoms with E-state index in [-0.39, 0.29) is 5.82 Å². The minimum absolute atomic E-state index is 0.180. The number of rotatable bonds is 6. The van der Waals surface area contributed by atoms with Gasteiger partial charge in [-0.15, -0.1) is 11.3 Å². The van der Waals surface area contributed by atoms with Crippen LogP contribution < -0.4 is 10.9 Å². The summed E-state index contributed by atoms with van der Waals surface area (Å²) in [6.45, 7) is 0.538. The number of hydrogen-bond donors (Lipinski definition) is 3. The first-order valence-electron chi connectivity index (χ1n) is 8.05. The molecule has 0 radical (unpaired) electrons. The van der Waals surface area contributed by atoms with Crippen molar-refractivity contribution in [3.63, 3.8) is 0 Å². The largest absolute Gasteiger partial charge is 0.501 e. The SMILES string of the molecule is Cn1c(-c2sccc2NC/C=C/c2ccccc2)nc(C(=O)O)c(O)c1=O. The summed E-state index contributed by atoms with van der Waals surface area (Å²) in [7, 11) is 1.44. The maximum Gasteiger partial charge on any atom is 0.358 e. The lowest BCUT2D eigenvalue weighted by atomic mass is 10.2. The van der Waals surface area contributed by atoms with Crippen LogP contribution in [0.25, 0.3) is 16.8 Å². The number of carbonyl (C=O) groups is 1. The molecular formula is C19H17N3O4S. The zero-order valence-corrected chi connectivity index (χ0v) is 15.2. The van der Waals surface area contributed by atoms with Crippen LogP contribution in [-0.2, 0) is 7.05 Å². The van der Waals surface area contributed by atoms with Crippen molar-refractivity contribution in [3.05, 3.63) is 69.5 Å². The molecule has 0 atom stereocenters. The molecule has 1 aromatic carbocycles. The molecule has 0 bridgehead atoms. The lowest BCUT2D eigenvalue weighted by molar-refractivity contribution is 0.0686. The fraction of sp³-hybridized carbons (Fsp3) is 0.105. The van der Waals surface area contributed by atoms with Crippen LogP contribution in [0.15, 0.2) is 52.6 Å². The highest BCUT2D eigenvalue weighted by Gasteiger charge is 2.21. The summed E-state index contributed by atoms with van der Waals surface area (Å²) in [6, 6.07) is 11.7. The van der Waals surface area contributed by atoms with Gasteiger partial charge >= 0.3 is 5.97 Å². The summed E-state index contributed by atoms with van der Waals surface area (Å²) in [5.74, 6) is -2.14. The first-order chi connectivity index (χ1) is 13.0. The minimum atomic E-state index is -1.46. The van der Waals surface area contributed by atoms with Crippen molar-refractivity contribution in [1.82, 2.24) is 9.55 Å². The summed E-state index contributed by atoms with van der Waals surface area (Å²) in [6.07, 6.45) is 3.94. The van der Waals surface area contributed by atoms with Gasteiger partial charge in [0.15, 0.2) is 11.5 Å². The van der Waals surface area contributed by atoms with E-state index in [1.54, 1.807) is 0 Å². The van der Waals surface area contributed by atoms with Crippen LogP contribution in [0.4, 0.5) is 5.69 Å². The summed E-state index contributed by atoms with van der Waals surface area (Å²) in [5.41, 5.74) is 0.345. The third-order valence-electron chi connectivity index (χ3n) is 3.86. The van der Waals surface area contributed by atoms with E-state index in [2.05, 4.69) is 10.3 Å². The van der Waals surface area contributed by atoms with E-state index in [1.165, 1.54) is 18.4 Å². The van der Waals surface area contributed by atoms with Gasteiger partial charge in [-0.25, -0.2) is 9.78 Å². The van der Waals surface area contributed by atoms with Gasteiger partial charge in [0.2, 0.25) is 5.75 Å². The number of aromatic nitrogens is 2. The fourth-order valence-electron chi connectivity index (χ4n) is 2.49. The molecule has 0 saturated heterocycles. The number of benzene rings is 1. The summed E-state index contributed by atoms with van der Waals surface area (Å²) in [4.78, 5) is 28.0. The van der Waals surface area contributed by atoms with Crippen LogP contribution in [0.5, 0.6) is 5.75 Å². The molecule has 0 spiro atoms. The number of thiophene rings is 1. The standard InChI is InChI=1S/C19H17N3O4S/c1-22-17(21-14(19(25)26)15(23)18(22)24)16-13(9-11-27-16)20-10-5-8-12-6-3-2-4-7-12/h2-9,11,20,23H,10H2,1H3,(H,25,26)/b8-5+. The van der Waals surface area contributed by atoms with Gasteiger partial charge in [0.1, 0.15) is 0 Å². The van der Waals surface area contributed by atoms with Crippen LogP contribution in [0.1, 0.15) is 16.1 Å². The van der Waals surface area contributed by atoms with Crippen molar-refractivity contribution in [1.29, 1.82) is 0 Å². The monoisotopic (exact) mass is 383 g/mol. The maximum absolute atomic E-state index is 12.1. The molecule has 0 amide bonds. The Morgan fingerprint density at radius 2 is 2.04 bits per heavy atom. The number of anilines is 1. The first kappa shape index (κ1) is 18.4. The van der Waals surface area contributed by atoms with E-state index in [9.17, 15) is 14.7 Å². The van der Waals surface area contributed by atoms with Crippen molar-refractivity contribution >= 4 is 29.1 Å². The summed E-state index contributed by atoms with van der Waals surface area (Å²) >= 11 is 1.32. The molecule has 2 heterocycles. The number of aromatic carboxylic acids is 1. The molecule has 138 valence electrons. The fourth-order valence-corrected chi connectivity index (χ4v) is 3.39. The Hall–Kier alpha value is -3.39. The maximum atomic E-state index is 12.1. The summed E-state index contributed by atoms with van der Waals surface area (Å²) in [5, 5.41) is 23.9. The van der Waals surface area contributed by atoms with Gasteiger partial charge in [-0.1, -0.05) is 42.5 Å². The average molecular weight is 383 g/mol. The van der Waals surface area contributed by atoms with Gasteiger partial charge in [-0.3, -0.25) is 9.36 Å². The smallest absolute Gasteiger partial charge is 0.358 e. The first-order valence-corrected chi connectivity index (χ1v) is 8.93. The Morgan fingerprint density at radius 3 is 2.74 bits per heavy atom. The Balaban J connectivity index is 1.86. The van der Waals surface area contributed by atoms with E-state index < -0.39 is 23.0 Å². The van der Waals surface area contributed by atoms with Gasteiger partial charge < -0.3 is 15.5 Å². The lowest BCUT2D eigenvalue weighted by Crippen LogP contribution is -2.23. The van der Waals surface area contributed by atoms with E-state index in [4.69, 9.17) is 5.11 Å². The molecule has 0 fully saturated rings. The number of nitrogens with one attached hydrogen (secondary N) is 1. The molecule has 3 aromatic rings. The lowest BCUT2D eigenvalue weighted by Gasteiger charge is -2.10. The predicted octanol–water partition coefficient (Wildman–Crippen LogP) is 3.04. The molecule has 0 unspecified atom stereocenters. The van der Waals surface area contributed by atoms with Crippen LogP contribution in [-0.4, -0.2) is 32.3 Å². The van der Waals surface area contributed by atoms with Crippen molar-refractivity contribution in [2.45, 2.75) is 0 Å². The minimum Gasteiger partial charge on any atom is -0.501 e. The summed E-state index contributed by atoms with van der Waals surface area (Å²) < 4.78 is 1.14. The van der Waals surface area contributed by atoms with Gasteiger partial charge in [0.05, 0.1) is 10.6 Å². The van der Waals surface area contributed by atoms with Gasteiger partial charge in [0.25, 0.3) is 5.56 Å². The third kappa shape index (κ3) is 3.90. The molecule has 3 N–H and O–H groups in total.